The fraction of sp³-hybridized carbons (Fsp3) is 0.0800. The summed E-state index contributed by atoms with van der Waals surface area (Å²) in [5.74, 6) is -1.29. The van der Waals surface area contributed by atoms with Crippen LogP contribution in [0.25, 0.3) is 22.2 Å². The number of ether oxygens (including phenoxy) is 1. The van der Waals surface area contributed by atoms with Gasteiger partial charge in [-0.15, -0.1) is 0 Å². The number of benzene rings is 3. The van der Waals surface area contributed by atoms with Gasteiger partial charge in [0.05, 0.1) is 21.7 Å². The molecular formula is C25H18BrN3O5. The second-order valence-electron chi connectivity index (χ2n) is 7.42. The number of non-ortho nitro benzene ring substituents is 1. The molecule has 9 heteroatoms. The number of carbonyl (C=O) groups is 2. The maximum atomic E-state index is 13.1. The normalized spacial score (nSPS) is 11.6. The Balaban J connectivity index is 1.58. The average molecular weight is 520 g/mol. The van der Waals surface area contributed by atoms with Crippen molar-refractivity contribution in [3.8, 4) is 11.3 Å². The molecule has 0 saturated carbocycles. The molecule has 0 aliphatic heterocycles. The Labute approximate surface area is 202 Å². The molecule has 1 heterocycles. The summed E-state index contributed by atoms with van der Waals surface area (Å²) in [5, 5.41) is 14.1. The van der Waals surface area contributed by atoms with E-state index in [-0.39, 0.29) is 16.9 Å². The van der Waals surface area contributed by atoms with Crippen molar-refractivity contribution in [3.63, 3.8) is 0 Å². The van der Waals surface area contributed by atoms with Gasteiger partial charge in [-0.3, -0.25) is 14.9 Å². The van der Waals surface area contributed by atoms with Crippen LogP contribution in [0.15, 0.2) is 83.3 Å². The lowest BCUT2D eigenvalue weighted by molar-refractivity contribution is -0.384. The first-order valence-electron chi connectivity index (χ1n) is 10.2. The predicted octanol–water partition coefficient (Wildman–Crippen LogP) is 5.76. The van der Waals surface area contributed by atoms with Gasteiger partial charge in [0.25, 0.3) is 11.6 Å². The van der Waals surface area contributed by atoms with E-state index < -0.39 is 22.9 Å². The molecule has 4 rings (SSSR count). The van der Waals surface area contributed by atoms with Gasteiger partial charge in [0, 0.05) is 33.2 Å². The van der Waals surface area contributed by atoms with Crippen LogP contribution in [0.2, 0.25) is 0 Å². The number of para-hydroxylation sites is 1. The molecule has 8 nitrogen and oxygen atoms in total. The number of carbonyl (C=O) groups excluding carboxylic acids is 2. The fourth-order valence-corrected chi connectivity index (χ4v) is 3.60. The van der Waals surface area contributed by atoms with Crippen molar-refractivity contribution < 1.29 is 19.2 Å². The van der Waals surface area contributed by atoms with Crippen LogP contribution >= 0.6 is 15.9 Å². The third-order valence-electron chi connectivity index (χ3n) is 5.05. The zero-order valence-corrected chi connectivity index (χ0v) is 19.5. The van der Waals surface area contributed by atoms with Crippen molar-refractivity contribution in [1.82, 2.24) is 4.98 Å². The molecule has 1 N–H and O–H groups in total. The van der Waals surface area contributed by atoms with E-state index >= 15 is 0 Å². The number of anilines is 1. The molecule has 0 fully saturated rings. The highest BCUT2D eigenvalue weighted by Gasteiger charge is 2.22. The van der Waals surface area contributed by atoms with Crippen LogP contribution < -0.4 is 5.32 Å². The minimum Gasteiger partial charge on any atom is -0.449 e. The summed E-state index contributed by atoms with van der Waals surface area (Å²) < 4.78 is 6.36. The van der Waals surface area contributed by atoms with Gasteiger partial charge in [-0.1, -0.05) is 52.3 Å². The number of fused-ring (bicyclic) bond motifs is 1. The number of halogens is 1. The molecule has 1 aromatic heterocycles. The highest BCUT2D eigenvalue weighted by atomic mass is 79.9. The second kappa shape index (κ2) is 9.80. The molecule has 34 heavy (non-hydrogen) atoms. The molecule has 0 spiro atoms. The Bertz CT molecular complexity index is 1410. The van der Waals surface area contributed by atoms with E-state index in [9.17, 15) is 19.7 Å². The van der Waals surface area contributed by atoms with Crippen molar-refractivity contribution in [3.05, 3.63) is 99.0 Å². The lowest BCUT2D eigenvalue weighted by Crippen LogP contribution is -2.30. The van der Waals surface area contributed by atoms with Crippen molar-refractivity contribution in [2.45, 2.75) is 13.0 Å². The molecule has 3 aromatic carbocycles. The monoisotopic (exact) mass is 519 g/mol. The summed E-state index contributed by atoms with van der Waals surface area (Å²) in [4.78, 5) is 40.7. The average Bonchev–Trinajstić information content (AvgIpc) is 2.83. The summed E-state index contributed by atoms with van der Waals surface area (Å²) in [7, 11) is 0. The molecule has 1 amide bonds. The summed E-state index contributed by atoms with van der Waals surface area (Å²) in [6.07, 6.45) is -1.14. The van der Waals surface area contributed by atoms with Crippen LogP contribution in [0.3, 0.4) is 0 Å². The Morgan fingerprint density at radius 1 is 1.03 bits per heavy atom. The standard InChI is InChI=1S/C25H18BrN3O5/c1-15(24(30)27-18-5-4-6-19(13-18)29(32)33)34-25(31)21-14-23(16-9-11-17(26)12-10-16)28-22-8-3-2-7-20(21)22/h2-15H,1H3,(H,27,30). The Kier molecular flexibility index (Phi) is 6.65. The van der Waals surface area contributed by atoms with Gasteiger partial charge in [0.2, 0.25) is 0 Å². The van der Waals surface area contributed by atoms with Crippen LogP contribution in [0, 0.1) is 10.1 Å². The minimum absolute atomic E-state index is 0.161. The van der Waals surface area contributed by atoms with Gasteiger partial charge in [0.15, 0.2) is 6.10 Å². The number of amides is 1. The van der Waals surface area contributed by atoms with E-state index in [4.69, 9.17) is 4.74 Å². The summed E-state index contributed by atoms with van der Waals surface area (Å²) in [6, 6.07) is 21.8. The topological polar surface area (TPSA) is 111 Å². The highest BCUT2D eigenvalue weighted by Crippen LogP contribution is 2.27. The number of nitro groups is 1. The Hall–Kier alpha value is -4.11. The molecule has 0 bridgehead atoms. The lowest BCUT2D eigenvalue weighted by Gasteiger charge is -2.15. The molecule has 0 aliphatic carbocycles. The molecule has 0 saturated heterocycles. The Morgan fingerprint density at radius 3 is 2.50 bits per heavy atom. The third kappa shape index (κ3) is 5.10. The maximum absolute atomic E-state index is 13.1. The van der Waals surface area contributed by atoms with Crippen LogP contribution in [-0.4, -0.2) is 27.9 Å². The summed E-state index contributed by atoms with van der Waals surface area (Å²) >= 11 is 3.41. The van der Waals surface area contributed by atoms with Crippen LogP contribution in [-0.2, 0) is 9.53 Å². The van der Waals surface area contributed by atoms with Crippen molar-refractivity contribution in [2.24, 2.45) is 0 Å². The van der Waals surface area contributed by atoms with Crippen LogP contribution in [0.4, 0.5) is 11.4 Å². The fourth-order valence-electron chi connectivity index (χ4n) is 3.33. The summed E-state index contributed by atoms with van der Waals surface area (Å²) in [5.41, 5.74) is 2.37. The number of rotatable bonds is 6. The third-order valence-corrected chi connectivity index (χ3v) is 5.58. The molecular weight excluding hydrogens is 502 g/mol. The molecule has 1 atom stereocenters. The van der Waals surface area contributed by atoms with Crippen molar-refractivity contribution >= 4 is 50.1 Å². The minimum atomic E-state index is -1.14. The van der Waals surface area contributed by atoms with Gasteiger partial charge in [0.1, 0.15) is 0 Å². The van der Waals surface area contributed by atoms with Crippen molar-refractivity contribution in [1.29, 1.82) is 0 Å². The van der Waals surface area contributed by atoms with Gasteiger partial charge in [-0.2, -0.15) is 0 Å². The van der Waals surface area contributed by atoms with Gasteiger partial charge < -0.3 is 10.1 Å². The smallest absolute Gasteiger partial charge is 0.339 e. The maximum Gasteiger partial charge on any atom is 0.339 e. The molecule has 1 unspecified atom stereocenters. The number of aromatic nitrogens is 1. The first kappa shape index (κ1) is 23.1. The largest absolute Gasteiger partial charge is 0.449 e. The van der Waals surface area contributed by atoms with E-state index in [0.29, 0.717) is 16.6 Å². The number of hydrogen-bond acceptors (Lipinski definition) is 6. The number of nitrogens with zero attached hydrogens (tertiary/aromatic N) is 2. The summed E-state index contributed by atoms with van der Waals surface area (Å²) in [6.45, 7) is 1.43. The Morgan fingerprint density at radius 2 is 1.76 bits per heavy atom. The van der Waals surface area contributed by atoms with E-state index in [0.717, 1.165) is 10.0 Å². The quantitative estimate of drug-likeness (QED) is 0.197. The first-order chi connectivity index (χ1) is 16.3. The number of pyridine rings is 1. The van der Waals surface area contributed by atoms with E-state index in [1.54, 1.807) is 24.3 Å². The predicted molar refractivity (Wildman–Crippen MR) is 131 cm³/mol. The lowest BCUT2D eigenvalue weighted by atomic mass is 10.0. The molecule has 4 aromatic rings. The second-order valence-corrected chi connectivity index (χ2v) is 8.34. The molecule has 170 valence electrons. The van der Waals surface area contributed by atoms with Crippen LogP contribution in [0.1, 0.15) is 17.3 Å². The molecule has 0 radical (unpaired) electrons. The van der Waals surface area contributed by atoms with E-state index in [1.165, 1.54) is 31.2 Å². The zero-order valence-electron chi connectivity index (χ0n) is 17.9. The van der Waals surface area contributed by atoms with Crippen molar-refractivity contribution in [2.75, 3.05) is 5.32 Å². The van der Waals surface area contributed by atoms with Gasteiger partial charge >= 0.3 is 5.97 Å². The first-order valence-corrected chi connectivity index (χ1v) is 11.0. The highest BCUT2D eigenvalue weighted by molar-refractivity contribution is 9.10. The van der Waals surface area contributed by atoms with Crippen LogP contribution in [0.5, 0.6) is 0 Å². The number of esters is 1. The van der Waals surface area contributed by atoms with Gasteiger partial charge in [-0.05, 0) is 37.3 Å². The number of nitrogens with one attached hydrogen (secondary N) is 1. The van der Waals surface area contributed by atoms with E-state index in [2.05, 4.69) is 26.2 Å². The SMILES string of the molecule is CC(OC(=O)c1cc(-c2ccc(Br)cc2)nc2ccccc12)C(=O)Nc1cccc([N+](=O)[O-])c1. The number of hydrogen-bond donors (Lipinski definition) is 1. The van der Waals surface area contributed by atoms with Gasteiger partial charge in [-0.25, -0.2) is 9.78 Å². The molecule has 0 aliphatic rings. The zero-order chi connectivity index (χ0) is 24.2. The number of nitro benzene ring substituents is 1. The van der Waals surface area contributed by atoms with E-state index in [1.807, 2.05) is 30.3 Å².